The van der Waals surface area contributed by atoms with Crippen molar-refractivity contribution in [3.05, 3.63) is 72.2 Å². The third-order valence-corrected chi connectivity index (χ3v) is 8.05. The van der Waals surface area contributed by atoms with Gasteiger partial charge < -0.3 is 9.32 Å². The van der Waals surface area contributed by atoms with Crippen LogP contribution in [0.3, 0.4) is 0 Å². The predicted molar refractivity (Wildman–Crippen MR) is 148 cm³/mol. The molecule has 204 valence electrons. The van der Waals surface area contributed by atoms with Gasteiger partial charge in [0.15, 0.2) is 5.82 Å². The van der Waals surface area contributed by atoms with Crippen molar-refractivity contribution in [2.24, 2.45) is 0 Å². The first-order valence-corrected chi connectivity index (χ1v) is 14.5. The number of carbonyl (C=O) groups is 1. The van der Waals surface area contributed by atoms with Gasteiger partial charge in [-0.2, -0.15) is 0 Å². The van der Waals surface area contributed by atoms with E-state index in [4.69, 9.17) is 9.52 Å². The highest BCUT2D eigenvalue weighted by Gasteiger charge is 2.31. The molecule has 0 unspecified atom stereocenters. The molecule has 1 aliphatic heterocycles. The fraction of sp³-hybridized carbons (Fsp3) is 0.333. The molecule has 1 fully saturated rings. The average molecular weight is 550 g/mol. The van der Waals surface area contributed by atoms with Crippen LogP contribution in [0.5, 0.6) is 0 Å². The van der Waals surface area contributed by atoms with Crippen LogP contribution < -0.4 is 9.62 Å². The predicted octanol–water partition coefficient (Wildman–Crippen LogP) is 3.73. The summed E-state index contributed by atoms with van der Waals surface area (Å²) in [7, 11) is -1.41. The Labute approximate surface area is 227 Å². The van der Waals surface area contributed by atoms with E-state index >= 15 is 0 Å². The minimum absolute atomic E-state index is 0.0549. The Bertz CT molecular complexity index is 1570. The van der Waals surface area contributed by atoms with Gasteiger partial charge in [0, 0.05) is 42.0 Å². The van der Waals surface area contributed by atoms with Crippen molar-refractivity contribution < 1.29 is 17.6 Å². The van der Waals surface area contributed by atoms with Crippen LogP contribution in [0, 0.1) is 6.92 Å². The zero-order valence-electron chi connectivity index (χ0n) is 22.1. The maximum absolute atomic E-state index is 14.0. The number of nitrogens with one attached hydrogen (secondary N) is 1. The lowest BCUT2D eigenvalue weighted by molar-refractivity contribution is 0.0962. The number of nitrogens with zero attached hydrogens (tertiary/aromatic N) is 6. The molecule has 1 amide bonds. The summed E-state index contributed by atoms with van der Waals surface area (Å²) < 4.78 is 34.0. The Morgan fingerprint density at radius 1 is 1.10 bits per heavy atom. The van der Waals surface area contributed by atoms with E-state index in [1.807, 2.05) is 36.5 Å². The summed E-state index contributed by atoms with van der Waals surface area (Å²) >= 11 is 0. The molecule has 5 rings (SSSR count). The second kappa shape index (κ2) is 11.0. The molecule has 0 aliphatic carbocycles. The molecule has 39 heavy (non-hydrogen) atoms. The molecule has 1 aliphatic rings. The maximum atomic E-state index is 14.0. The molecular formula is C27H31N7O4S. The van der Waals surface area contributed by atoms with Crippen molar-refractivity contribution in [2.45, 2.75) is 32.7 Å². The number of aromatic nitrogens is 4. The van der Waals surface area contributed by atoms with Crippen LogP contribution in [-0.4, -0.2) is 71.1 Å². The van der Waals surface area contributed by atoms with Crippen LogP contribution in [0.1, 0.15) is 36.0 Å². The van der Waals surface area contributed by atoms with Gasteiger partial charge in [-0.05, 0) is 76.3 Å². The molecule has 2 aromatic heterocycles. The van der Waals surface area contributed by atoms with Crippen LogP contribution >= 0.6 is 0 Å². The molecule has 1 saturated heterocycles. The molecular weight excluding hydrogens is 518 g/mol. The van der Waals surface area contributed by atoms with Crippen molar-refractivity contribution in [2.75, 3.05) is 35.5 Å². The smallest absolute Gasteiger partial charge is 0.259 e. The van der Waals surface area contributed by atoms with Crippen molar-refractivity contribution in [3.63, 3.8) is 0 Å². The van der Waals surface area contributed by atoms with Crippen LogP contribution in [0.25, 0.3) is 17.1 Å². The van der Waals surface area contributed by atoms with Gasteiger partial charge in [0.25, 0.3) is 5.91 Å². The number of aryl methyl sites for hydroxylation is 1. The highest BCUT2D eigenvalue weighted by molar-refractivity contribution is 7.92. The van der Waals surface area contributed by atoms with E-state index in [-0.39, 0.29) is 17.7 Å². The molecule has 1 N–H and O–H groups in total. The van der Waals surface area contributed by atoms with Crippen molar-refractivity contribution in [1.82, 2.24) is 24.9 Å². The average Bonchev–Trinajstić information content (AvgIpc) is 3.60. The minimum atomic E-state index is -3.47. The van der Waals surface area contributed by atoms with Gasteiger partial charge >= 0.3 is 0 Å². The summed E-state index contributed by atoms with van der Waals surface area (Å²) in [5, 5.41) is 12.8. The summed E-state index contributed by atoms with van der Waals surface area (Å²) in [6.45, 7) is 5.02. The second-order valence-corrected chi connectivity index (χ2v) is 11.6. The van der Waals surface area contributed by atoms with Crippen LogP contribution in [0.2, 0.25) is 0 Å². The van der Waals surface area contributed by atoms with E-state index in [9.17, 15) is 13.2 Å². The molecule has 4 aromatic rings. The largest absolute Gasteiger partial charge is 0.421 e. The van der Waals surface area contributed by atoms with Crippen molar-refractivity contribution in [1.29, 1.82) is 0 Å². The molecule has 12 heteroatoms. The lowest BCUT2D eigenvalue weighted by atomic mass is 10.0. The summed E-state index contributed by atoms with van der Waals surface area (Å²) in [6, 6.07) is 15.9. The fourth-order valence-electron chi connectivity index (χ4n) is 4.60. The van der Waals surface area contributed by atoms with Gasteiger partial charge in [-0.3, -0.25) is 14.4 Å². The third kappa shape index (κ3) is 6.02. The highest BCUT2D eigenvalue weighted by atomic mass is 32.2. The number of carbonyl (C=O) groups excluding carboxylic acids is 1. The summed E-state index contributed by atoms with van der Waals surface area (Å²) in [5.41, 5.74) is 2.28. The molecule has 0 saturated carbocycles. The number of rotatable bonds is 8. The Balaban J connectivity index is 1.47. The zero-order chi connectivity index (χ0) is 27.6. The van der Waals surface area contributed by atoms with E-state index in [0.29, 0.717) is 28.9 Å². The number of hydrogen-bond donors (Lipinski definition) is 1. The number of piperidine rings is 1. The van der Waals surface area contributed by atoms with Gasteiger partial charge in [-0.1, -0.05) is 12.1 Å². The molecule has 0 atom stereocenters. The molecule has 0 bridgehead atoms. The first-order chi connectivity index (χ1) is 18.7. The van der Waals surface area contributed by atoms with E-state index < -0.39 is 10.0 Å². The monoisotopic (exact) mass is 549 g/mol. The molecule has 2 aromatic carbocycles. The van der Waals surface area contributed by atoms with Gasteiger partial charge in [0.2, 0.25) is 21.8 Å². The Kier molecular flexibility index (Phi) is 7.49. The highest BCUT2D eigenvalue weighted by Crippen LogP contribution is 2.27. The summed E-state index contributed by atoms with van der Waals surface area (Å²) in [6.07, 6.45) is 3.40. The summed E-state index contributed by atoms with van der Waals surface area (Å²) in [4.78, 5) is 17.9. The third-order valence-electron chi connectivity index (χ3n) is 6.74. The maximum Gasteiger partial charge on any atom is 0.259 e. The number of hydrogen-bond acceptors (Lipinski definition) is 8. The van der Waals surface area contributed by atoms with Crippen LogP contribution in [0.15, 0.2) is 65.2 Å². The van der Waals surface area contributed by atoms with E-state index in [1.165, 1.54) is 0 Å². The lowest BCUT2D eigenvalue weighted by Crippen LogP contribution is -2.47. The molecule has 11 nitrogen and oxygen atoms in total. The normalized spacial score (nSPS) is 14.8. The molecule has 0 spiro atoms. The van der Waals surface area contributed by atoms with Gasteiger partial charge in [-0.25, -0.2) is 13.1 Å². The van der Waals surface area contributed by atoms with Crippen molar-refractivity contribution in [3.8, 4) is 17.1 Å². The second-order valence-electron chi connectivity index (χ2n) is 9.59. The fourth-order valence-corrected chi connectivity index (χ4v) is 5.23. The van der Waals surface area contributed by atoms with E-state index in [0.717, 1.165) is 37.2 Å². The molecule has 0 radical (unpaired) electrons. The van der Waals surface area contributed by atoms with Crippen LogP contribution in [-0.2, 0) is 10.0 Å². The van der Waals surface area contributed by atoms with E-state index in [2.05, 4.69) is 26.9 Å². The number of sulfonamides is 1. The van der Waals surface area contributed by atoms with Gasteiger partial charge in [0.1, 0.15) is 0 Å². The standard InChI is InChI=1S/C27H31N7O4S/c1-4-39(36,37)31-22-9-5-8-21(17-22)27(35)34(23-11-14-32(3)15-12-23)25-13-16-33(30-25)24-10-6-7-20(18-24)26-29-28-19(2)38-26/h5-10,13,16-18,23,31H,4,11-12,14-15H2,1-3H3. The lowest BCUT2D eigenvalue weighted by Gasteiger charge is -2.36. The van der Waals surface area contributed by atoms with Crippen LogP contribution in [0.4, 0.5) is 11.5 Å². The van der Waals surface area contributed by atoms with Crippen molar-refractivity contribution >= 4 is 27.4 Å². The number of amides is 1. The van der Waals surface area contributed by atoms with E-state index in [1.54, 1.807) is 47.7 Å². The zero-order valence-corrected chi connectivity index (χ0v) is 22.9. The number of anilines is 2. The number of benzene rings is 2. The Hall–Kier alpha value is -4.03. The quantitative estimate of drug-likeness (QED) is 0.352. The first kappa shape index (κ1) is 26.6. The van der Waals surface area contributed by atoms with Gasteiger partial charge in [-0.15, -0.1) is 15.3 Å². The molecule has 3 heterocycles. The minimum Gasteiger partial charge on any atom is -0.421 e. The van der Waals surface area contributed by atoms with Gasteiger partial charge in [0.05, 0.1) is 11.4 Å². The Morgan fingerprint density at radius 2 is 1.87 bits per heavy atom. The number of likely N-dealkylation sites (tertiary alicyclic amines) is 1. The topological polar surface area (TPSA) is 126 Å². The summed E-state index contributed by atoms with van der Waals surface area (Å²) in [5.74, 6) is 1.13. The SMILES string of the molecule is CCS(=O)(=O)Nc1cccc(C(=O)N(c2ccn(-c3cccc(-c4nnc(C)o4)c3)n2)C2CCN(C)CC2)c1. The first-order valence-electron chi connectivity index (χ1n) is 12.8. The Morgan fingerprint density at radius 3 is 2.59 bits per heavy atom.